The lowest BCUT2D eigenvalue weighted by Crippen LogP contribution is -2.20. The van der Waals surface area contributed by atoms with Crippen LogP contribution in [0.2, 0.25) is 5.02 Å². The smallest absolute Gasteiger partial charge is 0.338 e. The first-order chi connectivity index (χ1) is 15.0. The average Bonchev–Trinajstić information content (AvgIpc) is 2.79. The van der Waals surface area contributed by atoms with E-state index in [-0.39, 0.29) is 18.5 Å². The summed E-state index contributed by atoms with van der Waals surface area (Å²) in [4.78, 5) is 28.1. The summed E-state index contributed by atoms with van der Waals surface area (Å²) in [5.74, 6) is -0.0931. The van der Waals surface area contributed by atoms with Gasteiger partial charge in [0.2, 0.25) is 0 Å². The van der Waals surface area contributed by atoms with Gasteiger partial charge in [-0.05, 0) is 73.2 Å². The largest absolute Gasteiger partial charge is 0.484 e. The van der Waals surface area contributed by atoms with E-state index in [0.29, 0.717) is 34.3 Å². The Bertz CT molecular complexity index is 1060. The molecule has 31 heavy (non-hydrogen) atoms. The van der Waals surface area contributed by atoms with Crippen molar-refractivity contribution in [3.05, 3.63) is 88.9 Å². The minimum Gasteiger partial charge on any atom is -0.484 e. The number of ether oxygens (including phenoxy) is 2. The van der Waals surface area contributed by atoms with E-state index < -0.39 is 0 Å². The molecule has 0 saturated heterocycles. The highest BCUT2D eigenvalue weighted by molar-refractivity contribution is 6.33. The topological polar surface area (TPSA) is 77.0 Å². The fraction of sp³-hybridized carbons (Fsp3) is 0.125. The fourth-order valence-corrected chi connectivity index (χ4v) is 2.78. The molecule has 0 heterocycles. The molecule has 3 aromatic rings. The second-order valence-electron chi connectivity index (χ2n) is 6.41. The van der Waals surface area contributed by atoms with Crippen LogP contribution in [-0.2, 0) is 9.53 Å². The van der Waals surface area contributed by atoms with Crippen molar-refractivity contribution in [3.8, 4) is 5.75 Å². The summed E-state index contributed by atoms with van der Waals surface area (Å²) in [5, 5.41) is 3.17. The molecule has 158 valence electrons. The molecular formula is C24H21ClN2O4. The first kappa shape index (κ1) is 22.1. The van der Waals surface area contributed by atoms with Gasteiger partial charge in [0.25, 0.3) is 5.91 Å². The molecule has 0 fully saturated rings. The number of rotatable bonds is 8. The van der Waals surface area contributed by atoms with Gasteiger partial charge in [-0.3, -0.25) is 9.79 Å². The Morgan fingerprint density at radius 2 is 1.71 bits per heavy atom. The first-order valence-corrected chi connectivity index (χ1v) is 10.0. The number of carbonyl (C=O) groups excluding carboxylic acids is 2. The van der Waals surface area contributed by atoms with Crippen LogP contribution >= 0.6 is 11.6 Å². The average molecular weight is 437 g/mol. The summed E-state index contributed by atoms with van der Waals surface area (Å²) in [6.07, 6.45) is 1.70. The Hall–Kier alpha value is -3.64. The molecule has 6 nitrogen and oxygen atoms in total. The number of halogens is 1. The van der Waals surface area contributed by atoms with Gasteiger partial charge in [-0.2, -0.15) is 0 Å². The molecule has 0 bridgehead atoms. The zero-order valence-electron chi connectivity index (χ0n) is 16.9. The molecule has 1 N–H and O–H groups in total. The molecule has 0 aliphatic rings. The van der Waals surface area contributed by atoms with Crippen LogP contribution < -0.4 is 10.1 Å². The van der Waals surface area contributed by atoms with Gasteiger partial charge in [0.1, 0.15) is 5.75 Å². The Labute approximate surface area is 185 Å². The molecule has 1 amide bonds. The molecule has 0 aromatic heterocycles. The van der Waals surface area contributed by atoms with Gasteiger partial charge in [-0.15, -0.1) is 0 Å². The van der Waals surface area contributed by atoms with E-state index in [2.05, 4.69) is 10.3 Å². The Balaban J connectivity index is 1.51. The van der Waals surface area contributed by atoms with Crippen molar-refractivity contribution < 1.29 is 19.1 Å². The van der Waals surface area contributed by atoms with Crippen molar-refractivity contribution >= 4 is 41.1 Å². The molecule has 3 rings (SSSR count). The zero-order chi connectivity index (χ0) is 22.1. The van der Waals surface area contributed by atoms with Crippen molar-refractivity contribution in [2.75, 3.05) is 18.5 Å². The van der Waals surface area contributed by atoms with Crippen LogP contribution in [0.5, 0.6) is 5.75 Å². The van der Waals surface area contributed by atoms with Gasteiger partial charge >= 0.3 is 5.97 Å². The van der Waals surface area contributed by atoms with Gasteiger partial charge in [-0.25, -0.2) is 4.79 Å². The van der Waals surface area contributed by atoms with E-state index in [1.807, 2.05) is 12.1 Å². The Morgan fingerprint density at radius 1 is 1.00 bits per heavy atom. The second kappa shape index (κ2) is 10.9. The highest BCUT2D eigenvalue weighted by Gasteiger charge is 2.07. The lowest BCUT2D eigenvalue weighted by molar-refractivity contribution is -0.118. The highest BCUT2D eigenvalue weighted by Crippen LogP contribution is 2.20. The molecule has 0 unspecified atom stereocenters. The van der Waals surface area contributed by atoms with E-state index in [1.54, 1.807) is 73.8 Å². The third-order valence-corrected chi connectivity index (χ3v) is 4.47. The van der Waals surface area contributed by atoms with Gasteiger partial charge in [-0.1, -0.05) is 23.7 Å². The standard InChI is InChI=1S/C24H21ClN2O4/c1-2-30-24(29)18-9-11-19(12-10-18)26-15-17-7-13-20(14-8-17)31-16-23(28)27-22-6-4-3-5-21(22)25/h3-15H,2,16H2,1H3,(H,27,28). The van der Waals surface area contributed by atoms with Gasteiger partial charge in [0.05, 0.1) is 28.6 Å². The normalized spacial score (nSPS) is 10.6. The maximum Gasteiger partial charge on any atom is 0.338 e. The van der Waals surface area contributed by atoms with Crippen molar-refractivity contribution in [2.45, 2.75) is 6.92 Å². The summed E-state index contributed by atoms with van der Waals surface area (Å²) >= 11 is 6.02. The predicted octanol–water partition coefficient (Wildman–Crippen LogP) is 5.28. The summed E-state index contributed by atoms with van der Waals surface area (Å²) in [6, 6.07) is 21.0. The van der Waals surface area contributed by atoms with Crippen LogP contribution in [0, 0.1) is 0 Å². The van der Waals surface area contributed by atoms with Crippen LogP contribution in [0.3, 0.4) is 0 Å². The lowest BCUT2D eigenvalue weighted by Gasteiger charge is -2.08. The Kier molecular flexibility index (Phi) is 7.79. The number of anilines is 1. The number of hydrogen-bond acceptors (Lipinski definition) is 5. The third-order valence-electron chi connectivity index (χ3n) is 4.14. The number of aliphatic imine (C=N–C) groups is 1. The van der Waals surface area contributed by atoms with E-state index in [9.17, 15) is 9.59 Å². The number of amides is 1. The van der Waals surface area contributed by atoms with Crippen molar-refractivity contribution in [3.63, 3.8) is 0 Å². The monoisotopic (exact) mass is 436 g/mol. The summed E-state index contributed by atoms with van der Waals surface area (Å²) < 4.78 is 10.5. The third kappa shape index (κ3) is 6.69. The number of nitrogens with zero attached hydrogens (tertiary/aromatic N) is 1. The summed E-state index contributed by atoms with van der Waals surface area (Å²) in [5.41, 5.74) is 2.60. The molecule has 0 spiro atoms. The van der Waals surface area contributed by atoms with E-state index in [4.69, 9.17) is 21.1 Å². The van der Waals surface area contributed by atoms with Crippen LogP contribution in [0.1, 0.15) is 22.8 Å². The number of carbonyl (C=O) groups is 2. The molecule has 0 saturated carbocycles. The van der Waals surface area contributed by atoms with Crippen LogP contribution in [0.4, 0.5) is 11.4 Å². The molecule has 3 aromatic carbocycles. The van der Waals surface area contributed by atoms with Gasteiger partial charge < -0.3 is 14.8 Å². The molecule has 0 radical (unpaired) electrons. The molecule has 0 atom stereocenters. The second-order valence-corrected chi connectivity index (χ2v) is 6.82. The van der Waals surface area contributed by atoms with Crippen LogP contribution in [0.25, 0.3) is 0 Å². The maximum atomic E-state index is 12.0. The summed E-state index contributed by atoms with van der Waals surface area (Å²) in [6.45, 7) is 1.97. The van der Waals surface area contributed by atoms with E-state index >= 15 is 0 Å². The number of hydrogen-bond donors (Lipinski definition) is 1. The minimum absolute atomic E-state index is 0.133. The quantitative estimate of drug-likeness (QED) is 0.384. The zero-order valence-corrected chi connectivity index (χ0v) is 17.6. The number of nitrogens with one attached hydrogen (secondary N) is 1. The van der Waals surface area contributed by atoms with E-state index in [0.717, 1.165) is 5.56 Å². The first-order valence-electron chi connectivity index (χ1n) is 9.63. The fourth-order valence-electron chi connectivity index (χ4n) is 2.59. The molecule has 0 aliphatic heterocycles. The number of para-hydroxylation sites is 1. The van der Waals surface area contributed by atoms with Crippen molar-refractivity contribution in [1.29, 1.82) is 0 Å². The SMILES string of the molecule is CCOC(=O)c1ccc(N=Cc2ccc(OCC(=O)Nc3ccccc3Cl)cc2)cc1. The van der Waals surface area contributed by atoms with E-state index in [1.165, 1.54) is 0 Å². The maximum absolute atomic E-state index is 12.0. The highest BCUT2D eigenvalue weighted by atomic mass is 35.5. The molecule has 0 aliphatic carbocycles. The predicted molar refractivity (Wildman–Crippen MR) is 122 cm³/mol. The molecular weight excluding hydrogens is 416 g/mol. The van der Waals surface area contributed by atoms with Crippen molar-refractivity contribution in [1.82, 2.24) is 0 Å². The Morgan fingerprint density at radius 3 is 2.39 bits per heavy atom. The van der Waals surface area contributed by atoms with Crippen LogP contribution in [-0.4, -0.2) is 31.3 Å². The number of benzene rings is 3. The summed E-state index contributed by atoms with van der Waals surface area (Å²) in [7, 11) is 0. The molecule has 7 heteroatoms. The lowest BCUT2D eigenvalue weighted by atomic mass is 10.2. The number of esters is 1. The van der Waals surface area contributed by atoms with Gasteiger partial charge in [0, 0.05) is 6.21 Å². The van der Waals surface area contributed by atoms with Crippen molar-refractivity contribution in [2.24, 2.45) is 4.99 Å². The van der Waals surface area contributed by atoms with Gasteiger partial charge in [0.15, 0.2) is 6.61 Å². The minimum atomic E-state index is -0.353. The van der Waals surface area contributed by atoms with Crippen LogP contribution in [0.15, 0.2) is 77.8 Å².